The fourth-order valence-corrected chi connectivity index (χ4v) is 1.30. The summed E-state index contributed by atoms with van der Waals surface area (Å²) in [5.74, 6) is 0. The van der Waals surface area contributed by atoms with Crippen LogP contribution >= 0.6 is 0 Å². The molecule has 1 heterocycles. The predicted molar refractivity (Wildman–Crippen MR) is 35.6 cm³/mol. The van der Waals surface area contributed by atoms with Gasteiger partial charge in [0, 0.05) is 19.8 Å². The molecule has 0 bridgehead atoms. The molecule has 0 spiro atoms. The number of hydrogen-bond donors (Lipinski definition) is 0. The fourth-order valence-electron chi connectivity index (χ4n) is 1.30. The molecule has 1 rings (SSSR count). The van der Waals surface area contributed by atoms with E-state index in [1.165, 1.54) is 25.9 Å². The fraction of sp³-hybridized carbons (Fsp3) is 0.857. The monoisotopic (exact) mass is 211 g/mol. The summed E-state index contributed by atoms with van der Waals surface area (Å²) in [6.07, 6.45) is 2.70. The van der Waals surface area contributed by atoms with Crippen LogP contribution in [-0.4, -0.2) is 23.4 Å². The Balaban J connectivity index is 0.000000252. The third kappa shape index (κ3) is 8.14. The van der Waals surface area contributed by atoms with Gasteiger partial charge in [-0.15, -0.1) is 10.2 Å². The van der Waals surface area contributed by atoms with Crippen LogP contribution in [-0.2, 0) is 0 Å². The molecule has 1 aliphatic rings. The van der Waals surface area contributed by atoms with Gasteiger partial charge in [0.15, 0.2) is 0 Å². The lowest BCUT2D eigenvalue weighted by molar-refractivity contribution is -2.00. The first-order chi connectivity index (χ1) is 5.84. The minimum Gasteiger partial charge on any atom is -0.238 e. The smallest absolute Gasteiger partial charge is 0.149 e. The summed E-state index contributed by atoms with van der Waals surface area (Å²) in [6, 6.07) is 0. The van der Waals surface area contributed by atoms with Crippen molar-refractivity contribution >= 4 is 5.71 Å². The van der Waals surface area contributed by atoms with E-state index in [1.54, 1.807) is 5.71 Å². The van der Waals surface area contributed by atoms with Crippen molar-refractivity contribution < 1.29 is 33.5 Å². The molecule has 0 aromatic heterocycles. The van der Waals surface area contributed by atoms with Crippen molar-refractivity contribution in [2.75, 3.05) is 13.1 Å². The van der Waals surface area contributed by atoms with Crippen molar-refractivity contribution in [3.05, 3.63) is 0 Å². The number of rotatable bonds is 1. The summed E-state index contributed by atoms with van der Waals surface area (Å²) in [7, 11) is -4.94. The van der Waals surface area contributed by atoms with Gasteiger partial charge in [-0.25, -0.2) is 23.2 Å². The first kappa shape index (κ1) is 12.8. The standard InChI is InChI=1S/C7H14N.ClHO4/c1-3-8-6-4-5-7(8)2;2-1(3,4)5/h3-6H2,1-2H3;(H,2,3,4,5)/q+1;/p-1. The van der Waals surface area contributed by atoms with Gasteiger partial charge < -0.3 is 0 Å². The molecule has 0 fully saturated rings. The van der Waals surface area contributed by atoms with Crippen LogP contribution in [0, 0.1) is 10.2 Å². The van der Waals surface area contributed by atoms with Crippen molar-refractivity contribution in [3.63, 3.8) is 0 Å². The quantitative estimate of drug-likeness (QED) is 0.421. The largest absolute Gasteiger partial charge is 0.238 e. The predicted octanol–water partition coefficient (Wildman–Crippen LogP) is -3.48. The summed E-state index contributed by atoms with van der Waals surface area (Å²) in [6.45, 7) is 6.94. The van der Waals surface area contributed by atoms with Gasteiger partial charge >= 0.3 is 0 Å². The van der Waals surface area contributed by atoms with E-state index in [4.69, 9.17) is 18.6 Å². The molecule has 78 valence electrons. The lowest BCUT2D eigenvalue weighted by Gasteiger charge is -2.17. The van der Waals surface area contributed by atoms with Crippen molar-refractivity contribution in [1.29, 1.82) is 0 Å². The van der Waals surface area contributed by atoms with E-state index in [2.05, 4.69) is 18.4 Å². The maximum atomic E-state index is 8.49. The SMILES string of the molecule is CC[N+]1=C(C)CCC1.[O-][Cl+3]([O-])([O-])[O-]. The third-order valence-electron chi connectivity index (χ3n) is 1.89. The Morgan fingerprint density at radius 3 is 1.92 bits per heavy atom. The van der Waals surface area contributed by atoms with Gasteiger partial charge in [-0.05, 0) is 6.92 Å². The van der Waals surface area contributed by atoms with E-state index in [0.29, 0.717) is 0 Å². The van der Waals surface area contributed by atoms with Crippen LogP contribution in [0.1, 0.15) is 26.7 Å². The maximum Gasteiger partial charge on any atom is 0.149 e. The second-order valence-electron chi connectivity index (χ2n) is 2.80. The van der Waals surface area contributed by atoms with E-state index in [1.807, 2.05) is 0 Å². The van der Waals surface area contributed by atoms with E-state index >= 15 is 0 Å². The molecular formula is C7H14ClNO4. The lowest BCUT2D eigenvalue weighted by Crippen LogP contribution is -2.68. The van der Waals surface area contributed by atoms with E-state index in [-0.39, 0.29) is 0 Å². The molecule has 0 aromatic rings. The topological polar surface area (TPSA) is 95.2 Å². The molecule has 0 aliphatic carbocycles. The third-order valence-corrected chi connectivity index (χ3v) is 1.89. The molecule has 0 unspecified atom stereocenters. The highest BCUT2D eigenvalue weighted by atomic mass is 35.7. The molecular weight excluding hydrogens is 198 g/mol. The van der Waals surface area contributed by atoms with E-state index in [9.17, 15) is 0 Å². The molecule has 0 saturated carbocycles. The summed E-state index contributed by atoms with van der Waals surface area (Å²) < 4.78 is 36.4. The molecule has 0 radical (unpaired) electrons. The van der Waals surface area contributed by atoms with Crippen LogP contribution in [0.4, 0.5) is 0 Å². The molecule has 0 N–H and O–H groups in total. The lowest BCUT2D eigenvalue weighted by atomic mass is 10.3. The average Bonchev–Trinajstić information content (AvgIpc) is 2.31. The Bertz CT molecular complexity index is 181. The maximum absolute atomic E-state index is 8.49. The number of halogens is 1. The van der Waals surface area contributed by atoms with Crippen LogP contribution in [0.15, 0.2) is 0 Å². The normalized spacial score (nSPS) is 17.1. The van der Waals surface area contributed by atoms with Crippen LogP contribution < -0.4 is 18.6 Å². The second-order valence-corrected chi connectivity index (χ2v) is 3.55. The van der Waals surface area contributed by atoms with Crippen molar-refractivity contribution in [2.24, 2.45) is 0 Å². The van der Waals surface area contributed by atoms with Crippen molar-refractivity contribution in [2.45, 2.75) is 26.7 Å². The molecule has 0 saturated heterocycles. The number of nitrogens with zero attached hydrogens (tertiary/aromatic N) is 1. The summed E-state index contributed by atoms with van der Waals surface area (Å²) in [5.41, 5.74) is 1.58. The van der Waals surface area contributed by atoms with Gasteiger partial charge in [0.2, 0.25) is 0 Å². The summed E-state index contributed by atoms with van der Waals surface area (Å²) in [5, 5.41) is 0. The molecule has 13 heavy (non-hydrogen) atoms. The Morgan fingerprint density at radius 2 is 1.77 bits per heavy atom. The Kier molecular flexibility index (Phi) is 5.43. The summed E-state index contributed by atoms with van der Waals surface area (Å²) >= 11 is 0. The minimum absolute atomic E-state index is 1.20. The highest BCUT2D eigenvalue weighted by Gasteiger charge is 2.14. The molecule has 5 nitrogen and oxygen atoms in total. The Labute approximate surface area is 79.7 Å². The van der Waals surface area contributed by atoms with Crippen LogP contribution in [0.25, 0.3) is 0 Å². The highest BCUT2D eigenvalue weighted by Crippen LogP contribution is 2.02. The first-order valence-electron chi connectivity index (χ1n) is 4.03. The van der Waals surface area contributed by atoms with E-state index in [0.717, 1.165) is 0 Å². The van der Waals surface area contributed by atoms with Crippen LogP contribution in [0.2, 0.25) is 0 Å². The average molecular weight is 212 g/mol. The molecule has 1 aliphatic heterocycles. The summed E-state index contributed by atoms with van der Waals surface area (Å²) in [4.78, 5) is 0. The van der Waals surface area contributed by atoms with Gasteiger partial charge in [-0.1, -0.05) is 0 Å². The highest BCUT2D eigenvalue weighted by molar-refractivity contribution is 5.77. The molecule has 6 heteroatoms. The number of hydrogen-bond acceptors (Lipinski definition) is 4. The zero-order valence-electron chi connectivity index (χ0n) is 7.79. The molecule has 0 atom stereocenters. The van der Waals surface area contributed by atoms with Gasteiger partial charge in [0.25, 0.3) is 0 Å². The zero-order chi connectivity index (χ0) is 10.5. The second kappa shape index (κ2) is 5.51. The molecule has 0 amide bonds. The minimum atomic E-state index is -4.94. The van der Waals surface area contributed by atoms with Gasteiger partial charge in [0.05, 0.1) is 0 Å². The Hall–Kier alpha value is -0.200. The van der Waals surface area contributed by atoms with Gasteiger partial charge in [-0.3, -0.25) is 0 Å². The van der Waals surface area contributed by atoms with Gasteiger partial charge in [-0.2, -0.15) is 0 Å². The van der Waals surface area contributed by atoms with Crippen LogP contribution in [0.3, 0.4) is 0 Å². The first-order valence-corrected chi connectivity index (χ1v) is 5.27. The molecule has 0 aromatic carbocycles. The Morgan fingerprint density at radius 1 is 1.31 bits per heavy atom. The van der Waals surface area contributed by atoms with Gasteiger partial charge in [0.1, 0.15) is 18.8 Å². The van der Waals surface area contributed by atoms with Crippen molar-refractivity contribution in [3.8, 4) is 0 Å². The van der Waals surface area contributed by atoms with Crippen molar-refractivity contribution in [1.82, 2.24) is 0 Å². The zero-order valence-corrected chi connectivity index (χ0v) is 8.54. The van der Waals surface area contributed by atoms with Crippen LogP contribution in [0.5, 0.6) is 0 Å². The van der Waals surface area contributed by atoms with E-state index < -0.39 is 10.2 Å².